The van der Waals surface area contributed by atoms with Crippen LogP contribution in [0.25, 0.3) is 11.0 Å². The number of ether oxygens (including phenoxy) is 2. The molecule has 4 rings (SSSR count). The van der Waals surface area contributed by atoms with Crippen LogP contribution in [0.5, 0.6) is 0 Å². The van der Waals surface area contributed by atoms with Crippen molar-refractivity contribution >= 4 is 69.5 Å². The van der Waals surface area contributed by atoms with E-state index in [9.17, 15) is 23.2 Å². The third-order valence-corrected chi connectivity index (χ3v) is 7.46. The molecule has 0 spiro atoms. The number of thioether (sulfide) groups is 1. The van der Waals surface area contributed by atoms with Gasteiger partial charge in [0.2, 0.25) is 5.91 Å². The molecule has 192 valence electrons. The topological polar surface area (TPSA) is 101 Å². The largest absolute Gasteiger partial charge is 0.465 e. The molecule has 0 aliphatic carbocycles. The maximum atomic E-state index is 14.9. The number of benzene rings is 2. The first-order valence-corrected chi connectivity index (χ1v) is 12.4. The molecule has 3 aromatic rings. The summed E-state index contributed by atoms with van der Waals surface area (Å²) in [5, 5.41) is -1.64. The number of nitrogen functional groups attached to an aromatic ring is 1. The number of halogens is 4. The molecule has 0 unspecified atom stereocenters. The van der Waals surface area contributed by atoms with Crippen LogP contribution in [-0.4, -0.2) is 36.1 Å². The lowest BCUT2D eigenvalue weighted by Crippen LogP contribution is -2.43. The van der Waals surface area contributed by atoms with Crippen LogP contribution in [0.4, 0.5) is 14.5 Å². The van der Waals surface area contributed by atoms with Crippen LogP contribution < -0.4 is 16.3 Å². The second-order valence-corrected chi connectivity index (χ2v) is 9.58. The Labute approximate surface area is 223 Å². The lowest BCUT2D eigenvalue weighted by Gasteiger charge is -2.24. The minimum Gasteiger partial charge on any atom is -0.465 e. The molecule has 7 nitrogen and oxygen atoms in total. The maximum Gasteiger partial charge on any atom is 0.357 e. The van der Waals surface area contributed by atoms with E-state index in [-0.39, 0.29) is 48.9 Å². The highest BCUT2D eigenvalue weighted by Crippen LogP contribution is 2.43. The Balaban J connectivity index is 2.17. The van der Waals surface area contributed by atoms with E-state index in [1.54, 1.807) is 6.92 Å². The third-order valence-electron chi connectivity index (χ3n) is 5.53. The van der Waals surface area contributed by atoms with Crippen molar-refractivity contribution in [3.8, 4) is 0 Å². The Morgan fingerprint density at radius 3 is 2.35 bits per heavy atom. The van der Waals surface area contributed by atoms with E-state index in [2.05, 4.69) is 0 Å². The summed E-state index contributed by atoms with van der Waals surface area (Å²) in [7, 11) is 1.11. The highest BCUT2D eigenvalue weighted by molar-refractivity contribution is 8.10. The average molecular weight is 567 g/mol. The standard InChI is InChI=1S/C25H18Cl2F2N2O5S/c1-3-36-24(33)20-18(30)12(10-11-13(26)6-4-8-15(11)28)19-22(25(34)35-2)37-21(23(32)31(19)20)17-14(27)7-5-9-16(17)29/h4-10,21H,3,30H2,1-2H3/b12-10+/t21-/m1/s1. The molecule has 0 saturated carbocycles. The van der Waals surface area contributed by atoms with E-state index in [1.165, 1.54) is 30.3 Å². The summed E-state index contributed by atoms with van der Waals surface area (Å²) >= 11 is 13.1. The van der Waals surface area contributed by atoms with Crippen LogP contribution in [0.2, 0.25) is 10.0 Å². The summed E-state index contributed by atoms with van der Waals surface area (Å²) in [6, 6.07) is 7.84. The number of methoxy groups -OCH3 is 1. The van der Waals surface area contributed by atoms with Crippen molar-refractivity contribution < 1.29 is 32.6 Å². The predicted octanol–water partition coefficient (Wildman–Crippen LogP) is 4.07. The van der Waals surface area contributed by atoms with E-state index in [4.69, 9.17) is 38.4 Å². The Morgan fingerprint density at radius 1 is 1.11 bits per heavy atom. The van der Waals surface area contributed by atoms with Crippen molar-refractivity contribution in [2.75, 3.05) is 19.5 Å². The van der Waals surface area contributed by atoms with E-state index in [0.717, 1.165) is 23.8 Å². The van der Waals surface area contributed by atoms with E-state index >= 15 is 0 Å². The Kier molecular flexibility index (Phi) is 7.63. The molecule has 0 saturated heterocycles. The number of fused-ring (bicyclic) bond motifs is 1. The molecule has 0 amide bonds. The van der Waals surface area contributed by atoms with Gasteiger partial charge in [-0.05, 0) is 37.3 Å². The molecule has 2 N–H and O–H groups in total. The molecular formula is C25H18Cl2F2N2O5S. The first-order chi connectivity index (χ1) is 17.6. The zero-order valence-corrected chi connectivity index (χ0v) is 21.6. The number of carbonyl (C=O) groups is 3. The molecule has 0 radical (unpaired) electrons. The Morgan fingerprint density at radius 2 is 1.76 bits per heavy atom. The molecule has 1 aromatic heterocycles. The lowest BCUT2D eigenvalue weighted by molar-refractivity contribution is -0.133. The highest BCUT2D eigenvalue weighted by Gasteiger charge is 2.40. The number of carbonyl (C=O) groups excluding carboxylic acids is 3. The fraction of sp³-hybridized carbons (Fsp3) is 0.160. The summed E-state index contributed by atoms with van der Waals surface area (Å²) in [6.07, 6.45) is 1.22. The minimum atomic E-state index is -1.39. The molecule has 1 atom stereocenters. The minimum absolute atomic E-state index is 0.0162. The number of nitrogens with two attached hydrogens (primary N) is 1. The molecular weight excluding hydrogens is 549 g/mol. The molecule has 0 bridgehead atoms. The third kappa shape index (κ3) is 4.60. The number of anilines is 1. The van der Waals surface area contributed by atoms with Crippen molar-refractivity contribution in [1.82, 2.24) is 4.57 Å². The van der Waals surface area contributed by atoms with Gasteiger partial charge in [-0.1, -0.05) is 47.1 Å². The average Bonchev–Trinajstić information content (AvgIpc) is 3.14. The first kappa shape index (κ1) is 26.7. The maximum absolute atomic E-state index is 14.9. The smallest absolute Gasteiger partial charge is 0.357 e. The van der Waals surface area contributed by atoms with Crippen molar-refractivity contribution in [2.24, 2.45) is 0 Å². The number of hydrogen-bond acceptors (Lipinski definition) is 7. The van der Waals surface area contributed by atoms with Gasteiger partial charge in [0.15, 0.2) is 5.69 Å². The van der Waals surface area contributed by atoms with Crippen LogP contribution in [-0.2, 0) is 14.3 Å². The molecule has 12 heteroatoms. The number of hydrogen-bond donors (Lipinski definition) is 1. The second-order valence-electron chi connectivity index (χ2n) is 7.65. The quantitative estimate of drug-likeness (QED) is 0.464. The summed E-state index contributed by atoms with van der Waals surface area (Å²) in [5.74, 6) is -4.22. The van der Waals surface area contributed by atoms with Crippen LogP contribution >= 0.6 is 35.0 Å². The van der Waals surface area contributed by atoms with Crippen molar-refractivity contribution in [3.63, 3.8) is 0 Å². The van der Waals surface area contributed by atoms with Crippen molar-refractivity contribution in [3.05, 3.63) is 85.5 Å². The number of nitrogens with zero attached hydrogens (tertiary/aromatic N) is 1. The van der Waals surface area contributed by atoms with E-state index in [0.29, 0.717) is 11.8 Å². The van der Waals surface area contributed by atoms with Gasteiger partial charge in [-0.3, -0.25) is 9.36 Å². The molecule has 37 heavy (non-hydrogen) atoms. The number of rotatable bonds is 5. The van der Waals surface area contributed by atoms with E-state index < -0.39 is 40.4 Å². The van der Waals surface area contributed by atoms with Crippen LogP contribution in [0.3, 0.4) is 0 Å². The summed E-state index contributed by atoms with van der Waals surface area (Å²) in [6.45, 7) is 1.49. The van der Waals surface area contributed by atoms with Crippen molar-refractivity contribution in [1.29, 1.82) is 0 Å². The van der Waals surface area contributed by atoms with Gasteiger partial charge >= 0.3 is 11.9 Å². The number of aromatic nitrogens is 1. The zero-order valence-electron chi connectivity index (χ0n) is 19.3. The molecule has 2 heterocycles. The fourth-order valence-electron chi connectivity index (χ4n) is 3.91. The van der Waals surface area contributed by atoms with Crippen LogP contribution in [0.1, 0.15) is 38.6 Å². The van der Waals surface area contributed by atoms with Gasteiger partial charge in [-0.15, -0.1) is 0 Å². The molecule has 0 fully saturated rings. The predicted molar refractivity (Wildman–Crippen MR) is 137 cm³/mol. The van der Waals surface area contributed by atoms with Crippen LogP contribution in [0, 0.1) is 11.6 Å². The summed E-state index contributed by atoms with van der Waals surface area (Å²) in [4.78, 5) is 39.6. The highest BCUT2D eigenvalue weighted by atomic mass is 35.5. The number of esters is 2. The van der Waals surface area contributed by atoms with Crippen LogP contribution in [0.15, 0.2) is 36.4 Å². The molecule has 1 aliphatic rings. The Bertz CT molecular complexity index is 1550. The normalized spacial score (nSPS) is 15.5. The zero-order chi connectivity index (χ0) is 27.0. The SMILES string of the molecule is CCOC(=O)c1c(N)/c(=C\c2c(F)cccc2Cl)c2n1C(=O)[C@@H](c1c(F)cccc1Cl)SC=2C(=O)OC. The van der Waals surface area contributed by atoms with Gasteiger partial charge in [0.1, 0.15) is 21.8 Å². The summed E-state index contributed by atoms with van der Waals surface area (Å²) < 4.78 is 40.4. The molecule has 1 aliphatic heterocycles. The van der Waals surface area contributed by atoms with Gasteiger partial charge < -0.3 is 15.2 Å². The summed E-state index contributed by atoms with van der Waals surface area (Å²) in [5.41, 5.74) is 5.34. The second kappa shape index (κ2) is 10.6. The fourth-order valence-corrected chi connectivity index (χ4v) is 5.76. The molecule has 2 aromatic carbocycles. The van der Waals surface area contributed by atoms with Gasteiger partial charge in [0.05, 0.1) is 29.8 Å². The van der Waals surface area contributed by atoms with Gasteiger partial charge in [-0.25, -0.2) is 18.4 Å². The first-order valence-electron chi connectivity index (χ1n) is 10.7. The monoisotopic (exact) mass is 566 g/mol. The van der Waals surface area contributed by atoms with Gasteiger partial charge in [0, 0.05) is 21.4 Å². The Hall–Kier alpha value is -3.34. The van der Waals surface area contributed by atoms with E-state index in [1.807, 2.05) is 0 Å². The van der Waals surface area contributed by atoms with Gasteiger partial charge in [-0.2, -0.15) is 0 Å². The van der Waals surface area contributed by atoms with Gasteiger partial charge in [0.25, 0.3) is 0 Å². The lowest BCUT2D eigenvalue weighted by atomic mass is 10.1. The van der Waals surface area contributed by atoms with Crippen molar-refractivity contribution in [2.45, 2.75) is 12.2 Å².